The minimum atomic E-state index is 0.363. The Labute approximate surface area is 143 Å². The molecule has 0 aliphatic heterocycles. The van der Waals surface area contributed by atoms with Crippen molar-refractivity contribution >= 4 is 0 Å². The summed E-state index contributed by atoms with van der Waals surface area (Å²) in [6.45, 7) is 8.87. The van der Waals surface area contributed by atoms with Crippen LogP contribution in [0.2, 0.25) is 0 Å². The van der Waals surface area contributed by atoms with Gasteiger partial charge in [0, 0.05) is 6.04 Å². The minimum absolute atomic E-state index is 0.363. The van der Waals surface area contributed by atoms with Gasteiger partial charge in [0.15, 0.2) is 6.79 Å². The molecule has 0 aromatic heterocycles. The molecule has 0 saturated heterocycles. The monoisotopic (exact) mass is 321 g/mol. The molecule has 0 N–H and O–H groups in total. The van der Waals surface area contributed by atoms with Gasteiger partial charge in [-0.3, -0.25) is 0 Å². The lowest BCUT2D eigenvalue weighted by Crippen LogP contribution is -2.19. The van der Waals surface area contributed by atoms with Gasteiger partial charge in [-0.15, -0.1) is 0 Å². The first-order chi connectivity index (χ1) is 11.1. The molecule has 0 spiro atoms. The molecule has 0 bridgehead atoms. The molecule has 1 aliphatic rings. The first-order valence-electron chi connectivity index (χ1n) is 9.11. The minimum Gasteiger partial charge on any atom is -0.468 e. The highest BCUT2D eigenvalue weighted by Gasteiger charge is 2.21. The van der Waals surface area contributed by atoms with Crippen molar-refractivity contribution in [1.29, 1.82) is 0 Å². The largest absolute Gasteiger partial charge is 0.468 e. The van der Waals surface area contributed by atoms with Gasteiger partial charge >= 0.3 is 0 Å². The van der Waals surface area contributed by atoms with Crippen LogP contribution < -0.4 is 4.74 Å². The van der Waals surface area contributed by atoms with Gasteiger partial charge in [-0.25, -0.2) is 0 Å². The molecule has 0 radical (unpaired) electrons. The third-order valence-corrected chi connectivity index (χ3v) is 4.45. The fourth-order valence-electron chi connectivity index (χ4n) is 3.19. The van der Waals surface area contributed by atoms with Gasteiger partial charge < -0.3 is 14.4 Å². The molecule has 0 amide bonds. The Balaban J connectivity index is 0.00000127. The highest BCUT2D eigenvalue weighted by atomic mass is 16.7. The number of ether oxygens (including phenoxy) is 2. The summed E-state index contributed by atoms with van der Waals surface area (Å²) in [4.78, 5) is 2.25. The van der Waals surface area contributed by atoms with Crippen molar-refractivity contribution < 1.29 is 9.47 Å². The summed E-state index contributed by atoms with van der Waals surface area (Å²) < 4.78 is 11.5. The Morgan fingerprint density at radius 2 is 1.78 bits per heavy atom. The maximum Gasteiger partial charge on any atom is 0.189 e. The van der Waals surface area contributed by atoms with E-state index in [1.165, 1.54) is 24.8 Å². The average Bonchev–Trinajstić information content (AvgIpc) is 2.97. The molecule has 23 heavy (non-hydrogen) atoms. The van der Waals surface area contributed by atoms with Crippen LogP contribution >= 0.6 is 0 Å². The number of rotatable bonds is 7. The van der Waals surface area contributed by atoms with Crippen LogP contribution in [0.1, 0.15) is 65.0 Å². The van der Waals surface area contributed by atoms with E-state index in [2.05, 4.69) is 45.0 Å². The Bertz CT molecular complexity index is 416. The van der Waals surface area contributed by atoms with E-state index in [0.717, 1.165) is 18.1 Å². The summed E-state index contributed by atoms with van der Waals surface area (Å²) in [5.41, 5.74) is 1.33. The van der Waals surface area contributed by atoms with Crippen LogP contribution in [0.3, 0.4) is 0 Å². The third-order valence-electron chi connectivity index (χ3n) is 4.45. The third kappa shape index (κ3) is 6.52. The standard InChI is InChI=1S/C18H29NO2.C2H6/c1-5-18(19(3)4)15-7-10-16(11-8-15)20-13-21-17-9-6-14(2)12-17;1-2/h7-8,10-11,14,17-18H,5-6,9,12-13H2,1-4H3;1-2H3. The van der Waals surface area contributed by atoms with Crippen molar-refractivity contribution in [3.05, 3.63) is 29.8 Å². The molecule has 3 atom stereocenters. The van der Waals surface area contributed by atoms with Crippen LogP contribution in [0, 0.1) is 5.92 Å². The molecule has 3 nitrogen and oxygen atoms in total. The fourth-order valence-corrected chi connectivity index (χ4v) is 3.19. The van der Waals surface area contributed by atoms with E-state index < -0.39 is 0 Å². The van der Waals surface area contributed by atoms with Crippen molar-refractivity contribution in [3.8, 4) is 5.75 Å². The Kier molecular flexibility index (Phi) is 9.27. The van der Waals surface area contributed by atoms with Crippen molar-refractivity contribution in [2.75, 3.05) is 20.9 Å². The molecule has 0 heterocycles. The van der Waals surface area contributed by atoms with Gasteiger partial charge in [-0.05, 0) is 63.4 Å². The van der Waals surface area contributed by atoms with Gasteiger partial charge in [-0.2, -0.15) is 0 Å². The first-order valence-corrected chi connectivity index (χ1v) is 9.11. The predicted octanol–water partition coefficient (Wildman–Crippen LogP) is 5.27. The summed E-state index contributed by atoms with van der Waals surface area (Å²) in [7, 11) is 4.24. The molecule has 3 unspecified atom stereocenters. The second kappa shape index (κ2) is 10.7. The lowest BCUT2D eigenvalue weighted by molar-refractivity contribution is -0.0338. The van der Waals surface area contributed by atoms with Crippen molar-refractivity contribution in [2.45, 2.75) is 65.5 Å². The molecule has 1 fully saturated rings. The van der Waals surface area contributed by atoms with Crippen LogP contribution in [0.25, 0.3) is 0 Å². The highest BCUT2D eigenvalue weighted by molar-refractivity contribution is 5.29. The van der Waals surface area contributed by atoms with E-state index in [4.69, 9.17) is 9.47 Å². The molecule has 1 saturated carbocycles. The second-order valence-electron chi connectivity index (χ2n) is 6.43. The van der Waals surface area contributed by atoms with Crippen molar-refractivity contribution in [2.24, 2.45) is 5.92 Å². The van der Waals surface area contributed by atoms with Gasteiger partial charge in [0.2, 0.25) is 0 Å². The zero-order valence-corrected chi connectivity index (χ0v) is 15.8. The first kappa shape index (κ1) is 20.0. The Hall–Kier alpha value is -1.06. The summed E-state index contributed by atoms with van der Waals surface area (Å²) in [5, 5.41) is 0. The summed E-state index contributed by atoms with van der Waals surface area (Å²) in [6, 6.07) is 8.86. The van der Waals surface area contributed by atoms with Crippen LogP contribution in [0.15, 0.2) is 24.3 Å². The number of hydrogen-bond donors (Lipinski definition) is 0. The fraction of sp³-hybridized carbons (Fsp3) is 0.700. The van der Waals surface area contributed by atoms with Crippen LogP contribution in [0.4, 0.5) is 0 Å². The van der Waals surface area contributed by atoms with Crippen molar-refractivity contribution in [1.82, 2.24) is 4.90 Å². The molecular weight excluding hydrogens is 286 g/mol. The summed E-state index contributed by atoms with van der Waals surface area (Å²) in [5.74, 6) is 1.68. The summed E-state index contributed by atoms with van der Waals surface area (Å²) in [6.07, 6.45) is 5.12. The Morgan fingerprint density at radius 3 is 2.26 bits per heavy atom. The zero-order chi connectivity index (χ0) is 17.2. The smallest absolute Gasteiger partial charge is 0.189 e. The quantitative estimate of drug-likeness (QED) is 0.639. The average molecular weight is 322 g/mol. The number of benzene rings is 1. The van der Waals surface area contributed by atoms with E-state index in [1.54, 1.807) is 0 Å². The van der Waals surface area contributed by atoms with Gasteiger partial charge in [0.25, 0.3) is 0 Å². The lowest BCUT2D eigenvalue weighted by Gasteiger charge is -2.23. The van der Waals surface area contributed by atoms with Gasteiger partial charge in [-0.1, -0.05) is 39.8 Å². The van der Waals surface area contributed by atoms with Crippen LogP contribution in [-0.2, 0) is 4.74 Å². The van der Waals surface area contributed by atoms with Gasteiger partial charge in [0.05, 0.1) is 6.10 Å². The molecular formula is C20H35NO2. The van der Waals surface area contributed by atoms with Crippen LogP contribution in [-0.4, -0.2) is 31.9 Å². The molecule has 1 aromatic rings. The second-order valence-corrected chi connectivity index (χ2v) is 6.43. The van der Waals surface area contributed by atoms with E-state index >= 15 is 0 Å². The molecule has 3 heteroatoms. The van der Waals surface area contributed by atoms with Crippen molar-refractivity contribution in [3.63, 3.8) is 0 Å². The molecule has 1 aliphatic carbocycles. The zero-order valence-electron chi connectivity index (χ0n) is 15.8. The molecule has 2 rings (SSSR count). The normalized spacial score (nSPS) is 21.7. The maximum atomic E-state index is 5.78. The van der Waals surface area contributed by atoms with E-state index in [0.29, 0.717) is 18.9 Å². The predicted molar refractivity (Wildman–Crippen MR) is 97.9 cm³/mol. The summed E-state index contributed by atoms with van der Waals surface area (Å²) >= 11 is 0. The number of nitrogens with zero attached hydrogens (tertiary/aromatic N) is 1. The SMILES string of the molecule is CC.CCC(c1ccc(OCOC2CCC(C)C2)cc1)N(C)C. The topological polar surface area (TPSA) is 21.7 Å². The van der Waals surface area contributed by atoms with Gasteiger partial charge in [0.1, 0.15) is 5.75 Å². The molecule has 132 valence electrons. The Morgan fingerprint density at radius 1 is 1.13 bits per heavy atom. The van der Waals surface area contributed by atoms with E-state index in [1.807, 2.05) is 26.0 Å². The van der Waals surface area contributed by atoms with Crippen LogP contribution in [0.5, 0.6) is 5.75 Å². The lowest BCUT2D eigenvalue weighted by atomic mass is 10.0. The highest BCUT2D eigenvalue weighted by Crippen LogP contribution is 2.27. The van der Waals surface area contributed by atoms with E-state index in [9.17, 15) is 0 Å². The number of hydrogen-bond acceptors (Lipinski definition) is 3. The maximum absolute atomic E-state index is 5.78. The van der Waals surface area contributed by atoms with E-state index in [-0.39, 0.29) is 0 Å². The molecule has 1 aromatic carbocycles.